The van der Waals surface area contributed by atoms with E-state index in [1.54, 1.807) is 0 Å². The Bertz CT molecular complexity index is 586. The largest absolute Gasteiger partial charge is 0.325 e. The molecule has 0 bridgehead atoms. The van der Waals surface area contributed by atoms with Crippen molar-refractivity contribution in [1.29, 1.82) is 0 Å². The summed E-state index contributed by atoms with van der Waals surface area (Å²) in [6.07, 6.45) is 0. The Kier molecular flexibility index (Phi) is 6.20. The Morgan fingerprint density at radius 2 is 1.90 bits per heavy atom. The molecule has 0 fully saturated rings. The van der Waals surface area contributed by atoms with E-state index in [1.807, 2.05) is 42.5 Å². The lowest BCUT2D eigenvalue weighted by molar-refractivity contribution is -0.117. The number of hydrogen-bond acceptors (Lipinski definition) is 2. The van der Waals surface area contributed by atoms with Gasteiger partial charge in [-0.05, 0) is 52.9 Å². The molecule has 0 heterocycles. The number of nitrogens with one attached hydrogen (secondary N) is 1. The first-order valence-electron chi connectivity index (χ1n) is 6.99. The molecule has 0 aliphatic carbocycles. The number of anilines is 1. The molecule has 0 unspecified atom stereocenters. The summed E-state index contributed by atoms with van der Waals surface area (Å²) in [5, 5.41) is 2.95. The van der Waals surface area contributed by atoms with Crippen molar-refractivity contribution >= 4 is 34.2 Å². The summed E-state index contributed by atoms with van der Waals surface area (Å²) < 4.78 is 1.11. The van der Waals surface area contributed by atoms with E-state index in [4.69, 9.17) is 0 Å². The number of likely N-dealkylation sites (N-methyl/N-ethyl adjacent to an activating group) is 1. The van der Waals surface area contributed by atoms with Gasteiger partial charge in [0.05, 0.1) is 6.54 Å². The average molecular weight is 394 g/mol. The predicted octanol–water partition coefficient (Wildman–Crippen LogP) is 3.75. The van der Waals surface area contributed by atoms with Gasteiger partial charge < -0.3 is 5.32 Å². The van der Waals surface area contributed by atoms with Crippen molar-refractivity contribution in [2.75, 3.05) is 18.4 Å². The molecule has 4 heteroatoms. The maximum Gasteiger partial charge on any atom is 0.238 e. The molecule has 1 N–H and O–H groups in total. The zero-order valence-corrected chi connectivity index (χ0v) is 14.2. The van der Waals surface area contributed by atoms with Crippen LogP contribution in [-0.2, 0) is 11.3 Å². The Hall–Kier alpha value is -1.40. The smallest absolute Gasteiger partial charge is 0.238 e. The van der Waals surface area contributed by atoms with Gasteiger partial charge in [-0.25, -0.2) is 0 Å². The van der Waals surface area contributed by atoms with Gasteiger partial charge in [-0.3, -0.25) is 9.69 Å². The highest BCUT2D eigenvalue weighted by molar-refractivity contribution is 14.1. The van der Waals surface area contributed by atoms with Crippen LogP contribution in [-0.4, -0.2) is 23.9 Å². The van der Waals surface area contributed by atoms with Crippen LogP contribution in [0.3, 0.4) is 0 Å². The van der Waals surface area contributed by atoms with Crippen molar-refractivity contribution in [3.8, 4) is 0 Å². The van der Waals surface area contributed by atoms with E-state index in [0.717, 1.165) is 22.3 Å². The molecule has 0 saturated heterocycles. The fourth-order valence-corrected chi connectivity index (χ4v) is 2.63. The molecule has 0 spiro atoms. The summed E-state index contributed by atoms with van der Waals surface area (Å²) in [4.78, 5) is 14.3. The highest BCUT2D eigenvalue weighted by Gasteiger charge is 2.10. The van der Waals surface area contributed by atoms with Crippen molar-refractivity contribution < 1.29 is 4.79 Å². The SMILES string of the molecule is CCN(CC(=O)Nc1cccc(I)c1)Cc1ccccc1. The quantitative estimate of drug-likeness (QED) is 0.757. The normalized spacial score (nSPS) is 10.6. The van der Waals surface area contributed by atoms with Crippen LogP contribution in [0.25, 0.3) is 0 Å². The van der Waals surface area contributed by atoms with Crippen LogP contribution in [0.2, 0.25) is 0 Å². The number of benzene rings is 2. The lowest BCUT2D eigenvalue weighted by Crippen LogP contribution is -2.32. The summed E-state index contributed by atoms with van der Waals surface area (Å²) in [5.74, 6) is 0.0229. The molecule has 0 radical (unpaired) electrons. The van der Waals surface area contributed by atoms with Gasteiger partial charge in [0.25, 0.3) is 0 Å². The van der Waals surface area contributed by atoms with Gasteiger partial charge in [0, 0.05) is 15.8 Å². The minimum atomic E-state index is 0.0229. The van der Waals surface area contributed by atoms with Crippen LogP contribution < -0.4 is 5.32 Å². The molecule has 2 aromatic rings. The van der Waals surface area contributed by atoms with Crippen LogP contribution in [0.1, 0.15) is 12.5 Å². The minimum Gasteiger partial charge on any atom is -0.325 e. The minimum absolute atomic E-state index is 0.0229. The first kappa shape index (κ1) is 16.0. The highest BCUT2D eigenvalue weighted by atomic mass is 127. The predicted molar refractivity (Wildman–Crippen MR) is 95.2 cm³/mol. The zero-order valence-electron chi connectivity index (χ0n) is 12.1. The second-order valence-corrected chi connectivity index (χ2v) is 6.09. The van der Waals surface area contributed by atoms with Crippen molar-refractivity contribution in [2.24, 2.45) is 0 Å². The van der Waals surface area contributed by atoms with E-state index in [2.05, 4.69) is 51.9 Å². The van der Waals surface area contributed by atoms with Gasteiger partial charge in [0.15, 0.2) is 0 Å². The molecule has 0 aromatic heterocycles. The Balaban J connectivity index is 1.90. The standard InChI is InChI=1S/C17H19IN2O/c1-2-20(12-14-7-4-3-5-8-14)13-17(21)19-16-10-6-9-15(18)11-16/h3-11H,2,12-13H2,1H3,(H,19,21). The lowest BCUT2D eigenvalue weighted by atomic mass is 10.2. The molecule has 1 amide bonds. The third kappa shape index (κ3) is 5.47. The first-order chi connectivity index (χ1) is 10.2. The maximum absolute atomic E-state index is 12.1. The van der Waals surface area contributed by atoms with E-state index in [1.165, 1.54) is 5.56 Å². The molecule has 0 saturated carbocycles. The maximum atomic E-state index is 12.1. The molecular weight excluding hydrogens is 375 g/mol. The molecular formula is C17H19IN2O. The Morgan fingerprint density at radius 3 is 2.57 bits per heavy atom. The molecule has 2 rings (SSSR count). The third-order valence-corrected chi connectivity index (χ3v) is 3.84. The first-order valence-corrected chi connectivity index (χ1v) is 8.07. The van der Waals surface area contributed by atoms with E-state index in [-0.39, 0.29) is 5.91 Å². The van der Waals surface area contributed by atoms with Gasteiger partial charge in [-0.1, -0.05) is 43.3 Å². The number of hydrogen-bond donors (Lipinski definition) is 1. The Labute approximate surface area is 139 Å². The molecule has 0 aliphatic rings. The van der Waals surface area contributed by atoms with E-state index in [9.17, 15) is 4.79 Å². The molecule has 0 aliphatic heterocycles. The van der Waals surface area contributed by atoms with Crippen molar-refractivity contribution in [3.63, 3.8) is 0 Å². The topological polar surface area (TPSA) is 32.3 Å². The number of carbonyl (C=O) groups excluding carboxylic acids is 1. The van der Waals surface area contributed by atoms with Crippen molar-refractivity contribution in [3.05, 3.63) is 63.7 Å². The molecule has 3 nitrogen and oxygen atoms in total. The van der Waals surface area contributed by atoms with E-state index >= 15 is 0 Å². The molecule has 0 atom stereocenters. The van der Waals surface area contributed by atoms with Gasteiger partial charge in [0.1, 0.15) is 0 Å². The van der Waals surface area contributed by atoms with E-state index < -0.39 is 0 Å². The molecule has 110 valence electrons. The summed E-state index contributed by atoms with van der Waals surface area (Å²) in [7, 11) is 0. The monoisotopic (exact) mass is 394 g/mol. The Morgan fingerprint density at radius 1 is 1.14 bits per heavy atom. The molecule has 2 aromatic carbocycles. The van der Waals surface area contributed by atoms with Crippen LogP contribution >= 0.6 is 22.6 Å². The van der Waals surface area contributed by atoms with Gasteiger partial charge in [-0.2, -0.15) is 0 Å². The van der Waals surface area contributed by atoms with E-state index in [0.29, 0.717) is 6.54 Å². The fourth-order valence-electron chi connectivity index (χ4n) is 2.09. The zero-order chi connectivity index (χ0) is 15.1. The van der Waals surface area contributed by atoms with Gasteiger partial charge >= 0.3 is 0 Å². The summed E-state index contributed by atoms with van der Waals surface area (Å²) in [5.41, 5.74) is 2.07. The summed E-state index contributed by atoms with van der Waals surface area (Å²) >= 11 is 2.24. The third-order valence-electron chi connectivity index (χ3n) is 3.17. The number of amides is 1. The summed E-state index contributed by atoms with van der Waals surface area (Å²) in [6.45, 7) is 4.10. The second kappa shape index (κ2) is 8.14. The summed E-state index contributed by atoms with van der Waals surface area (Å²) in [6, 6.07) is 18.0. The van der Waals surface area contributed by atoms with Gasteiger partial charge in [0.2, 0.25) is 5.91 Å². The molecule has 21 heavy (non-hydrogen) atoms. The number of nitrogens with zero attached hydrogens (tertiary/aromatic N) is 1. The van der Waals surface area contributed by atoms with Crippen LogP contribution in [0.4, 0.5) is 5.69 Å². The number of halogens is 1. The average Bonchev–Trinajstić information content (AvgIpc) is 2.47. The van der Waals surface area contributed by atoms with Crippen LogP contribution in [0.15, 0.2) is 54.6 Å². The lowest BCUT2D eigenvalue weighted by Gasteiger charge is -2.20. The highest BCUT2D eigenvalue weighted by Crippen LogP contribution is 2.12. The number of rotatable bonds is 6. The van der Waals surface area contributed by atoms with Crippen molar-refractivity contribution in [2.45, 2.75) is 13.5 Å². The van der Waals surface area contributed by atoms with Gasteiger partial charge in [-0.15, -0.1) is 0 Å². The number of carbonyl (C=O) groups is 1. The van der Waals surface area contributed by atoms with Crippen LogP contribution in [0.5, 0.6) is 0 Å². The van der Waals surface area contributed by atoms with Crippen molar-refractivity contribution in [1.82, 2.24) is 4.90 Å². The fraction of sp³-hybridized carbons (Fsp3) is 0.235. The second-order valence-electron chi connectivity index (χ2n) is 4.85. The van der Waals surface area contributed by atoms with Crippen LogP contribution in [0, 0.1) is 3.57 Å².